The fourth-order valence-corrected chi connectivity index (χ4v) is 3.31. The van der Waals surface area contributed by atoms with E-state index in [1.807, 2.05) is 19.1 Å². The zero-order valence-corrected chi connectivity index (χ0v) is 15.1. The Hall–Kier alpha value is -2.40. The maximum absolute atomic E-state index is 13.7. The van der Waals surface area contributed by atoms with E-state index in [0.29, 0.717) is 6.61 Å². The van der Waals surface area contributed by atoms with Gasteiger partial charge in [-0.3, -0.25) is 9.69 Å². The molecule has 1 N–H and O–H groups in total. The van der Waals surface area contributed by atoms with E-state index >= 15 is 0 Å². The molecule has 1 aliphatic heterocycles. The largest absolute Gasteiger partial charge is 0.494 e. The molecule has 1 heterocycles. The second kappa shape index (κ2) is 8.81. The number of benzene rings is 2. The van der Waals surface area contributed by atoms with Gasteiger partial charge in [0.25, 0.3) is 0 Å². The Labute approximate surface area is 154 Å². The number of halogens is 1. The van der Waals surface area contributed by atoms with Crippen LogP contribution < -0.4 is 10.1 Å². The quantitative estimate of drug-likeness (QED) is 0.848. The van der Waals surface area contributed by atoms with Crippen molar-refractivity contribution in [3.05, 3.63) is 59.9 Å². The van der Waals surface area contributed by atoms with Crippen LogP contribution in [0.4, 0.5) is 10.1 Å². The molecule has 0 atom stereocenters. The van der Waals surface area contributed by atoms with E-state index in [1.54, 1.807) is 18.2 Å². The molecule has 0 aromatic heterocycles. The highest BCUT2D eigenvalue weighted by molar-refractivity contribution is 5.92. The molecular weight excluding hydrogens is 331 g/mol. The van der Waals surface area contributed by atoms with Gasteiger partial charge in [-0.05, 0) is 62.7 Å². The Morgan fingerprint density at radius 1 is 1.19 bits per heavy atom. The number of likely N-dealkylation sites (tertiary alicyclic amines) is 1. The minimum atomic E-state index is -0.396. The summed E-state index contributed by atoms with van der Waals surface area (Å²) in [5, 5.41) is 2.72. The van der Waals surface area contributed by atoms with Gasteiger partial charge in [-0.2, -0.15) is 0 Å². The van der Waals surface area contributed by atoms with Gasteiger partial charge in [0, 0.05) is 12.5 Å². The normalized spacial score (nSPS) is 15.6. The fraction of sp³-hybridized carbons (Fsp3) is 0.381. The average Bonchev–Trinajstić information content (AvgIpc) is 2.65. The molecule has 2 aromatic carbocycles. The second-order valence-corrected chi connectivity index (χ2v) is 6.60. The van der Waals surface area contributed by atoms with Gasteiger partial charge >= 0.3 is 0 Å². The van der Waals surface area contributed by atoms with Crippen molar-refractivity contribution in [3.8, 4) is 5.75 Å². The summed E-state index contributed by atoms with van der Waals surface area (Å²) in [6, 6.07) is 14.4. The van der Waals surface area contributed by atoms with Crippen LogP contribution in [0.5, 0.6) is 5.75 Å². The minimum absolute atomic E-state index is 0.0689. The summed E-state index contributed by atoms with van der Waals surface area (Å²) >= 11 is 0. The van der Waals surface area contributed by atoms with Gasteiger partial charge < -0.3 is 10.1 Å². The molecule has 26 heavy (non-hydrogen) atoms. The van der Waals surface area contributed by atoms with Crippen molar-refractivity contribution in [1.29, 1.82) is 0 Å². The molecule has 4 nitrogen and oxygen atoms in total. The van der Waals surface area contributed by atoms with Crippen LogP contribution in [0.2, 0.25) is 0 Å². The van der Waals surface area contributed by atoms with Gasteiger partial charge in [-0.1, -0.05) is 24.3 Å². The number of para-hydroxylation sites is 1. The first-order valence-corrected chi connectivity index (χ1v) is 9.15. The number of rotatable bonds is 6. The number of ether oxygens (including phenoxy) is 1. The van der Waals surface area contributed by atoms with Crippen LogP contribution in [0.25, 0.3) is 0 Å². The molecule has 1 aliphatic rings. The summed E-state index contributed by atoms with van der Waals surface area (Å²) in [6.45, 7) is 5.20. The molecule has 0 unspecified atom stereocenters. The summed E-state index contributed by atoms with van der Waals surface area (Å²) in [5.41, 5.74) is 1.47. The Morgan fingerprint density at radius 2 is 1.96 bits per heavy atom. The molecule has 0 aliphatic carbocycles. The van der Waals surface area contributed by atoms with Crippen molar-refractivity contribution in [2.45, 2.75) is 26.3 Å². The number of amides is 1. The van der Waals surface area contributed by atoms with Crippen molar-refractivity contribution in [3.63, 3.8) is 0 Å². The maximum atomic E-state index is 13.7. The van der Waals surface area contributed by atoms with Gasteiger partial charge in [-0.25, -0.2) is 4.39 Å². The van der Waals surface area contributed by atoms with Crippen molar-refractivity contribution in [2.24, 2.45) is 5.92 Å². The lowest BCUT2D eigenvalue weighted by atomic mass is 9.95. The van der Waals surface area contributed by atoms with Crippen molar-refractivity contribution >= 4 is 11.6 Å². The lowest BCUT2D eigenvalue weighted by Gasteiger charge is -2.31. The first kappa shape index (κ1) is 18.4. The predicted molar refractivity (Wildman–Crippen MR) is 101 cm³/mol. The van der Waals surface area contributed by atoms with Gasteiger partial charge in [0.15, 0.2) is 0 Å². The molecule has 1 fully saturated rings. The Morgan fingerprint density at radius 3 is 2.69 bits per heavy atom. The lowest BCUT2D eigenvalue weighted by molar-refractivity contribution is -0.121. The molecule has 0 radical (unpaired) electrons. The first-order valence-electron chi connectivity index (χ1n) is 9.15. The van der Waals surface area contributed by atoms with E-state index in [-0.39, 0.29) is 17.5 Å². The zero-order valence-electron chi connectivity index (χ0n) is 15.1. The Balaban J connectivity index is 1.50. The lowest BCUT2D eigenvalue weighted by Crippen LogP contribution is -2.37. The Bertz CT molecular complexity index is 742. The number of piperidine rings is 1. The molecule has 1 amide bonds. The number of hydrogen-bond donors (Lipinski definition) is 1. The fourth-order valence-electron chi connectivity index (χ4n) is 3.31. The van der Waals surface area contributed by atoms with Crippen LogP contribution in [0.15, 0.2) is 48.5 Å². The molecule has 0 spiro atoms. The maximum Gasteiger partial charge on any atom is 0.227 e. The van der Waals surface area contributed by atoms with Gasteiger partial charge in [0.1, 0.15) is 11.6 Å². The van der Waals surface area contributed by atoms with Crippen LogP contribution in [0, 0.1) is 11.7 Å². The van der Waals surface area contributed by atoms with E-state index in [2.05, 4.69) is 22.3 Å². The molecule has 3 rings (SSSR count). The molecular formula is C21H25FN2O2. The van der Waals surface area contributed by atoms with Crippen LogP contribution in [0.1, 0.15) is 25.3 Å². The van der Waals surface area contributed by atoms with E-state index in [1.165, 1.54) is 11.6 Å². The third-order valence-electron chi connectivity index (χ3n) is 4.71. The van der Waals surface area contributed by atoms with Crippen LogP contribution in [-0.2, 0) is 11.3 Å². The summed E-state index contributed by atoms with van der Waals surface area (Å²) in [7, 11) is 0. The molecule has 1 saturated heterocycles. The third kappa shape index (κ3) is 4.82. The molecule has 0 bridgehead atoms. The summed E-state index contributed by atoms with van der Waals surface area (Å²) in [6.07, 6.45) is 1.57. The number of hydrogen-bond acceptors (Lipinski definition) is 3. The topological polar surface area (TPSA) is 41.6 Å². The Kier molecular flexibility index (Phi) is 6.23. The van der Waals surface area contributed by atoms with Crippen molar-refractivity contribution in [2.75, 3.05) is 25.0 Å². The predicted octanol–water partition coefficient (Wildman–Crippen LogP) is 4.08. The van der Waals surface area contributed by atoms with E-state index in [0.717, 1.165) is 38.2 Å². The smallest absolute Gasteiger partial charge is 0.227 e. The molecule has 2 aromatic rings. The third-order valence-corrected chi connectivity index (χ3v) is 4.71. The summed E-state index contributed by atoms with van der Waals surface area (Å²) in [5.74, 6) is 0.338. The summed E-state index contributed by atoms with van der Waals surface area (Å²) < 4.78 is 19.2. The highest BCUT2D eigenvalue weighted by Crippen LogP contribution is 2.23. The van der Waals surface area contributed by atoms with Crippen LogP contribution in [0.3, 0.4) is 0 Å². The van der Waals surface area contributed by atoms with Crippen LogP contribution >= 0.6 is 0 Å². The van der Waals surface area contributed by atoms with Crippen molar-refractivity contribution in [1.82, 2.24) is 4.90 Å². The van der Waals surface area contributed by atoms with Crippen LogP contribution in [-0.4, -0.2) is 30.5 Å². The highest BCUT2D eigenvalue weighted by Gasteiger charge is 2.25. The number of anilines is 1. The van der Waals surface area contributed by atoms with Gasteiger partial charge in [0.2, 0.25) is 5.91 Å². The van der Waals surface area contributed by atoms with E-state index in [4.69, 9.17) is 4.74 Å². The molecule has 138 valence electrons. The average molecular weight is 356 g/mol. The first-order chi connectivity index (χ1) is 12.7. The standard InChI is InChI=1S/C21H25FN2O2/c1-2-26-18-7-5-6-16(14-18)15-24-12-10-17(11-13-24)21(25)23-20-9-4-3-8-19(20)22/h3-9,14,17H,2,10-13,15H2,1H3,(H,23,25). The molecule has 0 saturated carbocycles. The second-order valence-electron chi connectivity index (χ2n) is 6.60. The van der Waals surface area contributed by atoms with Gasteiger partial charge in [0.05, 0.1) is 12.3 Å². The summed E-state index contributed by atoms with van der Waals surface area (Å²) in [4.78, 5) is 14.7. The van der Waals surface area contributed by atoms with E-state index < -0.39 is 5.82 Å². The number of nitrogens with zero attached hydrogens (tertiary/aromatic N) is 1. The zero-order chi connectivity index (χ0) is 18.4. The molecule has 5 heteroatoms. The monoisotopic (exact) mass is 356 g/mol. The highest BCUT2D eigenvalue weighted by atomic mass is 19.1. The number of carbonyl (C=O) groups is 1. The number of carbonyl (C=O) groups excluding carboxylic acids is 1. The van der Waals surface area contributed by atoms with Crippen molar-refractivity contribution < 1.29 is 13.9 Å². The minimum Gasteiger partial charge on any atom is -0.494 e. The van der Waals surface area contributed by atoms with E-state index in [9.17, 15) is 9.18 Å². The SMILES string of the molecule is CCOc1cccc(CN2CCC(C(=O)Nc3ccccc3F)CC2)c1. The number of nitrogens with one attached hydrogen (secondary N) is 1. The van der Waals surface area contributed by atoms with Gasteiger partial charge in [-0.15, -0.1) is 0 Å².